The van der Waals surface area contributed by atoms with E-state index in [1.165, 1.54) is 18.3 Å². The average Bonchev–Trinajstić information content (AvgIpc) is 3.45. The average molecular weight is 546 g/mol. The summed E-state index contributed by atoms with van der Waals surface area (Å²) in [6.45, 7) is 5.62. The number of aliphatic hydroxyl groups is 1. The smallest absolute Gasteiger partial charge is 0.219 e. The number of benzene rings is 1. The third-order valence-electron chi connectivity index (χ3n) is 6.16. The van der Waals surface area contributed by atoms with Crippen molar-refractivity contribution in [2.75, 3.05) is 26.0 Å². The molecule has 1 unspecified atom stereocenters. The second-order valence-corrected chi connectivity index (χ2v) is 13.4. The molecule has 0 amide bonds. The number of aromatic amines is 1. The summed E-state index contributed by atoms with van der Waals surface area (Å²) in [7, 11) is -3.34. The van der Waals surface area contributed by atoms with Gasteiger partial charge in [0.1, 0.15) is 22.6 Å². The lowest BCUT2D eigenvalue weighted by Crippen LogP contribution is -2.26. The summed E-state index contributed by atoms with van der Waals surface area (Å²) >= 11 is 1.67. The molecule has 11 heteroatoms. The lowest BCUT2D eigenvalue weighted by molar-refractivity contribution is 0.0260. The molecule has 2 aliphatic rings. The van der Waals surface area contributed by atoms with Gasteiger partial charge in [0.15, 0.2) is 9.84 Å². The molecule has 0 spiro atoms. The first-order valence-corrected chi connectivity index (χ1v) is 15.0. The summed E-state index contributed by atoms with van der Waals surface area (Å²) in [6, 6.07) is 8.76. The van der Waals surface area contributed by atoms with Crippen LogP contribution in [0.4, 0.5) is 0 Å². The molecule has 0 saturated carbocycles. The molecule has 1 aromatic carbocycles. The first-order valence-electron chi connectivity index (χ1n) is 12.2. The summed E-state index contributed by atoms with van der Waals surface area (Å²) in [6.07, 6.45) is 4.72. The van der Waals surface area contributed by atoms with E-state index < -0.39 is 15.4 Å². The van der Waals surface area contributed by atoms with Crippen LogP contribution < -0.4 is 9.47 Å². The molecule has 0 bridgehead atoms. The van der Waals surface area contributed by atoms with Crippen molar-refractivity contribution in [2.45, 2.75) is 55.0 Å². The lowest BCUT2D eigenvalue weighted by atomic mass is 10.0. The number of aromatic nitrogens is 2. The van der Waals surface area contributed by atoms with E-state index in [0.29, 0.717) is 37.7 Å². The van der Waals surface area contributed by atoms with Crippen molar-refractivity contribution >= 4 is 37.5 Å². The Morgan fingerprint density at radius 3 is 2.68 bits per heavy atom. The minimum Gasteiger partial charge on any atom is -0.488 e. The fraction of sp³-hybridized carbons (Fsp3) is 0.462. The number of sulfone groups is 1. The van der Waals surface area contributed by atoms with E-state index in [0.717, 1.165) is 40.7 Å². The number of ether oxygens (including phenoxy) is 3. The van der Waals surface area contributed by atoms with Gasteiger partial charge in [-0.05, 0) is 38.5 Å². The first kappa shape index (κ1) is 26.0. The third kappa shape index (κ3) is 6.46. The van der Waals surface area contributed by atoms with Gasteiger partial charge in [-0.15, -0.1) is 0 Å². The van der Waals surface area contributed by atoms with Crippen LogP contribution >= 0.6 is 11.8 Å². The molecule has 37 heavy (non-hydrogen) atoms. The summed E-state index contributed by atoms with van der Waals surface area (Å²) < 4.78 is 41.4. The molecule has 0 aliphatic carbocycles. The van der Waals surface area contributed by atoms with Gasteiger partial charge in [0.25, 0.3) is 0 Å². The number of nitrogens with one attached hydrogen (secondary N) is 1. The molecule has 5 rings (SSSR count). The molecule has 1 atom stereocenters. The normalized spacial score (nSPS) is 19.2. The number of aliphatic imine (C=N–C) groups is 1. The van der Waals surface area contributed by atoms with Crippen molar-refractivity contribution in [1.82, 2.24) is 9.97 Å². The number of H-pyrrole nitrogens is 1. The van der Waals surface area contributed by atoms with Crippen LogP contribution in [0.5, 0.6) is 17.4 Å². The predicted octanol–water partition coefficient (Wildman–Crippen LogP) is 4.34. The van der Waals surface area contributed by atoms with Crippen molar-refractivity contribution in [3.8, 4) is 17.4 Å². The van der Waals surface area contributed by atoms with Crippen LogP contribution in [0.1, 0.15) is 38.8 Å². The van der Waals surface area contributed by atoms with E-state index in [-0.39, 0.29) is 22.1 Å². The zero-order valence-electron chi connectivity index (χ0n) is 21.1. The van der Waals surface area contributed by atoms with Gasteiger partial charge in [0.05, 0.1) is 41.5 Å². The maximum atomic E-state index is 11.7. The molecule has 2 N–H and O–H groups in total. The standard InChI is InChI=1S/C26H31N3O6S2/c1-26(2,30)13-19-14-28-25(36-19)21-11-16-10-18(35-23-5-4-20(15-27-23)37(3,31)32)12-22(24(16)29-21)34-17-6-8-33-9-7-17/h4-5,10-12,15,17,19,29-30H,6-9,13-14H2,1-3H3. The largest absolute Gasteiger partial charge is 0.488 e. The number of nitrogens with zero attached hydrogens (tertiary/aromatic N) is 2. The molecule has 3 aromatic rings. The Hall–Kier alpha value is -2.60. The second-order valence-electron chi connectivity index (χ2n) is 10.1. The molecule has 198 valence electrons. The Morgan fingerprint density at radius 2 is 2.00 bits per heavy atom. The summed E-state index contributed by atoms with van der Waals surface area (Å²) in [5, 5.41) is 12.2. The zero-order chi connectivity index (χ0) is 26.2. The van der Waals surface area contributed by atoms with E-state index in [1.807, 2.05) is 32.0 Å². The monoisotopic (exact) mass is 545 g/mol. The topological polar surface area (TPSA) is 123 Å². The highest BCUT2D eigenvalue weighted by Gasteiger charge is 2.28. The Bertz CT molecular complexity index is 1400. The minimum atomic E-state index is -3.34. The second kappa shape index (κ2) is 10.3. The van der Waals surface area contributed by atoms with Crippen molar-refractivity contribution in [1.29, 1.82) is 0 Å². The summed E-state index contributed by atoms with van der Waals surface area (Å²) in [4.78, 5) is 12.5. The van der Waals surface area contributed by atoms with Gasteiger partial charge in [-0.3, -0.25) is 4.99 Å². The van der Waals surface area contributed by atoms with Crippen LogP contribution in [0.2, 0.25) is 0 Å². The minimum absolute atomic E-state index is 0.0282. The molecule has 2 aromatic heterocycles. The fourth-order valence-electron chi connectivity index (χ4n) is 4.42. The maximum Gasteiger partial charge on any atom is 0.219 e. The first-order chi connectivity index (χ1) is 17.5. The zero-order valence-corrected chi connectivity index (χ0v) is 22.7. The van der Waals surface area contributed by atoms with Gasteiger partial charge in [-0.2, -0.15) is 0 Å². The van der Waals surface area contributed by atoms with E-state index in [4.69, 9.17) is 19.2 Å². The summed E-state index contributed by atoms with van der Waals surface area (Å²) in [5.74, 6) is 1.47. The Morgan fingerprint density at radius 1 is 1.22 bits per heavy atom. The van der Waals surface area contributed by atoms with Crippen LogP contribution in [0.25, 0.3) is 10.9 Å². The molecule has 0 radical (unpaired) electrons. The van der Waals surface area contributed by atoms with Crippen LogP contribution in [0.15, 0.2) is 46.4 Å². The van der Waals surface area contributed by atoms with Gasteiger partial charge < -0.3 is 24.3 Å². The van der Waals surface area contributed by atoms with Gasteiger partial charge in [-0.25, -0.2) is 13.4 Å². The van der Waals surface area contributed by atoms with Crippen molar-refractivity contribution in [3.63, 3.8) is 0 Å². The predicted molar refractivity (Wildman–Crippen MR) is 144 cm³/mol. The lowest BCUT2D eigenvalue weighted by Gasteiger charge is -2.23. The van der Waals surface area contributed by atoms with Gasteiger partial charge >= 0.3 is 0 Å². The fourth-order valence-corrected chi connectivity index (χ4v) is 6.32. The summed E-state index contributed by atoms with van der Waals surface area (Å²) in [5.41, 5.74) is 0.999. The molecule has 9 nitrogen and oxygen atoms in total. The van der Waals surface area contributed by atoms with E-state index in [2.05, 4.69) is 9.97 Å². The van der Waals surface area contributed by atoms with Gasteiger partial charge in [0.2, 0.25) is 5.88 Å². The molecule has 2 aliphatic heterocycles. The molecule has 4 heterocycles. The van der Waals surface area contributed by atoms with Crippen LogP contribution in [0.3, 0.4) is 0 Å². The van der Waals surface area contributed by atoms with Crippen LogP contribution in [-0.2, 0) is 14.6 Å². The van der Waals surface area contributed by atoms with Crippen molar-refractivity contribution < 1.29 is 27.7 Å². The number of rotatable bonds is 8. The van der Waals surface area contributed by atoms with Crippen molar-refractivity contribution in [3.05, 3.63) is 42.2 Å². The Labute approximate surface area is 220 Å². The van der Waals surface area contributed by atoms with Crippen LogP contribution in [0, 0.1) is 0 Å². The number of pyridine rings is 1. The van der Waals surface area contributed by atoms with Gasteiger partial charge in [0, 0.05) is 48.1 Å². The van der Waals surface area contributed by atoms with E-state index in [9.17, 15) is 13.5 Å². The number of hydrogen-bond acceptors (Lipinski definition) is 9. The molecular weight excluding hydrogens is 514 g/mol. The Kier molecular flexibility index (Phi) is 7.23. The maximum absolute atomic E-state index is 11.7. The quantitative estimate of drug-likeness (QED) is 0.429. The highest BCUT2D eigenvalue weighted by molar-refractivity contribution is 8.15. The molecule has 1 saturated heterocycles. The van der Waals surface area contributed by atoms with Crippen LogP contribution in [-0.4, -0.2) is 71.5 Å². The Balaban J connectivity index is 1.44. The molecule has 1 fully saturated rings. The van der Waals surface area contributed by atoms with E-state index in [1.54, 1.807) is 11.8 Å². The molecular formula is C26H31N3O6S2. The highest BCUT2D eigenvalue weighted by Crippen LogP contribution is 2.37. The van der Waals surface area contributed by atoms with E-state index >= 15 is 0 Å². The highest BCUT2D eigenvalue weighted by atomic mass is 32.2. The van der Waals surface area contributed by atoms with Gasteiger partial charge in [-0.1, -0.05) is 11.8 Å². The third-order valence-corrected chi connectivity index (χ3v) is 8.48. The number of hydrogen-bond donors (Lipinski definition) is 2. The van der Waals surface area contributed by atoms with Crippen molar-refractivity contribution in [2.24, 2.45) is 4.99 Å². The number of thioether (sulfide) groups is 1. The SMILES string of the molecule is CC(C)(O)CC1CN=C(c2cc3cc(Oc4ccc(S(C)(=O)=O)cn4)cc(OC4CCOCC4)c3[nH]2)S1. The number of fused-ring (bicyclic) bond motifs is 1.